The van der Waals surface area contributed by atoms with Crippen molar-refractivity contribution in [1.82, 2.24) is 0 Å². The van der Waals surface area contributed by atoms with Crippen LogP contribution < -0.4 is 5.32 Å². The lowest BCUT2D eigenvalue weighted by Gasteiger charge is -2.08. The van der Waals surface area contributed by atoms with Gasteiger partial charge in [-0.3, -0.25) is 4.79 Å². The Hall–Kier alpha value is -1.96. The summed E-state index contributed by atoms with van der Waals surface area (Å²) < 4.78 is 25.9. The topological polar surface area (TPSA) is 52.9 Å². The van der Waals surface area contributed by atoms with Crippen molar-refractivity contribution >= 4 is 11.6 Å². The van der Waals surface area contributed by atoms with Gasteiger partial charge in [0, 0.05) is 6.07 Å². The molecule has 0 saturated heterocycles. The van der Waals surface area contributed by atoms with Gasteiger partial charge in [0.05, 0.1) is 11.8 Å². The Morgan fingerprint density at radius 1 is 1.56 bits per heavy atom. The molecule has 0 heterocycles. The van der Waals surface area contributed by atoms with Crippen LogP contribution in [0.2, 0.25) is 0 Å². The molecule has 1 aromatic carbocycles. The number of halogens is 2. The lowest BCUT2D eigenvalue weighted by molar-refractivity contribution is -0.118. The van der Waals surface area contributed by atoms with Crippen molar-refractivity contribution in [1.29, 1.82) is 5.26 Å². The van der Waals surface area contributed by atoms with E-state index in [2.05, 4.69) is 5.32 Å². The molecule has 16 heavy (non-hydrogen) atoms. The summed E-state index contributed by atoms with van der Waals surface area (Å²) in [6.07, 6.45) is 0.319. The van der Waals surface area contributed by atoms with E-state index >= 15 is 0 Å². The Morgan fingerprint density at radius 3 is 2.81 bits per heavy atom. The van der Waals surface area contributed by atoms with E-state index in [1.54, 1.807) is 13.0 Å². The van der Waals surface area contributed by atoms with Crippen molar-refractivity contribution in [2.45, 2.75) is 13.3 Å². The number of carbonyl (C=O) groups excluding carboxylic acids is 1. The normalized spacial score (nSPS) is 11.6. The summed E-state index contributed by atoms with van der Waals surface area (Å²) in [7, 11) is 0. The van der Waals surface area contributed by atoms with E-state index in [4.69, 9.17) is 5.26 Å². The summed E-state index contributed by atoms with van der Waals surface area (Å²) in [5.41, 5.74) is -0.251. The smallest absolute Gasteiger partial charge is 0.241 e. The number of hydrogen-bond acceptors (Lipinski definition) is 2. The first kappa shape index (κ1) is 12.1. The van der Waals surface area contributed by atoms with Gasteiger partial charge in [0.2, 0.25) is 5.91 Å². The van der Waals surface area contributed by atoms with Gasteiger partial charge in [-0.2, -0.15) is 5.26 Å². The molecule has 1 N–H and O–H groups in total. The van der Waals surface area contributed by atoms with Crippen molar-refractivity contribution in [2.75, 3.05) is 5.32 Å². The lowest BCUT2D eigenvalue weighted by atomic mass is 10.1. The highest BCUT2D eigenvalue weighted by Crippen LogP contribution is 2.16. The average Bonchev–Trinajstić information content (AvgIpc) is 2.25. The van der Waals surface area contributed by atoms with Crippen LogP contribution in [0.15, 0.2) is 18.2 Å². The molecule has 1 unspecified atom stereocenters. The third-order valence-corrected chi connectivity index (χ3v) is 2.07. The van der Waals surface area contributed by atoms with Gasteiger partial charge in [0.25, 0.3) is 0 Å². The van der Waals surface area contributed by atoms with E-state index < -0.39 is 23.5 Å². The van der Waals surface area contributed by atoms with Gasteiger partial charge >= 0.3 is 0 Å². The maximum Gasteiger partial charge on any atom is 0.241 e. The van der Waals surface area contributed by atoms with Crippen LogP contribution >= 0.6 is 0 Å². The Bertz CT molecular complexity index is 440. The molecule has 0 aliphatic rings. The number of benzene rings is 1. The fourth-order valence-electron chi connectivity index (χ4n) is 1.15. The van der Waals surface area contributed by atoms with E-state index in [1.165, 1.54) is 0 Å². The van der Waals surface area contributed by atoms with Crippen LogP contribution in [0.1, 0.15) is 13.3 Å². The third kappa shape index (κ3) is 2.76. The second-order valence-corrected chi connectivity index (χ2v) is 3.20. The molecule has 0 spiro atoms. The Kier molecular flexibility index (Phi) is 3.95. The standard InChI is InChI=1S/C11H10F2N2O/c1-2-7(6-14)11(16)15-10-5-8(12)3-4-9(10)13/h3-5,7H,2H2,1H3,(H,15,16). The van der Waals surface area contributed by atoms with E-state index in [9.17, 15) is 13.6 Å². The Labute approximate surface area is 91.7 Å². The van der Waals surface area contributed by atoms with Crippen LogP contribution in [0.5, 0.6) is 0 Å². The van der Waals surface area contributed by atoms with Crippen LogP contribution in [0.3, 0.4) is 0 Å². The molecule has 0 bridgehead atoms. The predicted molar refractivity (Wildman–Crippen MR) is 54.4 cm³/mol. The van der Waals surface area contributed by atoms with Gasteiger partial charge in [-0.05, 0) is 18.6 Å². The van der Waals surface area contributed by atoms with Crippen LogP contribution in [0, 0.1) is 28.9 Å². The van der Waals surface area contributed by atoms with Crippen molar-refractivity contribution in [3.8, 4) is 6.07 Å². The second kappa shape index (κ2) is 5.21. The average molecular weight is 224 g/mol. The SMILES string of the molecule is CCC(C#N)C(=O)Nc1cc(F)ccc1F. The summed E-state index contributed by atoms with van der Waals surface area (Å²) in [6.45, 7) is 1.66. The molecule has 0 radical (unpaired) electrons. The highest BCUT2D eigenvalue weighted by Gasteiger charge is 2.17. The van der Waals surface area contributed by atoms with Crippen molar-refractivity contribution in [2.24, 2.45) is 5.92 Å². The van der Waals surface area contributed by atoms with Crippen molar-refractivity contribution in [3.63, 3.8) is 0 Å². The zero-order valence-corrected chi connectivity index (χ0v) is 8.63. The minimum Gasteiger partial charge on any atom is -0.322 e. The molecule has 84 valence electrons. The largest absolute Gasteiger partial charge is 0.322 e. The molecular formula is C11H10F2N2O. The zero-order valence-electron chi connectivity index (χ0n) is 8.63. The number of carbonyl (C=O) groups is 1. The molecule has 1 atom stereocenters. The summed E-state index contributed by atoms with van der Waals surface area (Å²) in [5.74, 6) is -2.87. The molecule has 0 saturated carbocycles. The monoisotopic (exact) mass is 224 g/mol. The lowest BCUT2D eigenvalue weighted by Crippen LogP contribution is -2.21. The molecule has 0 fully saturated rings. The van der Waals surface area contributed by atoms with E-state index in [1.807, 2.05) is 0 Å². The molecule has 1 amide bonds. The van der Waals surface area contributed by atoms with Gasteiger partial charge in [0.1, 0.15) is 17.6 Å². The maximum atomic E-state index is 13.1. The van der Waals surface area contributed by atoms with Crippen LogP contribution in [-0.4, -0.2) is 5.91 Å². The van der Waals surface area contributed by atoms with E-state index in [0.29, 0.717) is 6.42 Å². The van der Waals surface area contributed by atoms with Gasteiger partial charge in [-0.15, -0.1) is 0 Å². The van der Waals surface area contributed by atoms with Crippen LogP contribution in [0.4, 0.5) is 14.5 Å². The fraction of sp³-hybridized carbons (Fsp3) is 0.273. The van der Waals surface area contributed by atoms with Crippen LogP contribution in [-0.2, 0) is 4.79 Å². The molecule has 0 aliphatic heterocycles. The number of nitriles is 1. The Morgan fingerprint density at radius 2 is 2.25 bits per heavy atom. The van der Waals surface area contributed by atoms with Crippen LogP contribution in [0.25, 0.3) is 0 Å². The minimum atomic E-state index is -0.859. The van der Waals surface area contributed by atoms with Gasteiger partial charge in [-0.25, -0.2) is 8.78 Å². The third-order valence-electron chi connectivity index (χ3n) is 2.07. The fourth-order valence-corrected chi connectivity index (χ4v) is 1.15. The molecule has 1 rings (SSSR count). The number of rotatable bonds is 3. The first-order chi connectivity index (χ1) is 7.58. The number of nitrogens with one attached hydrogen (secondary N) is 1. The molecule has 3 nitrogen and oxygen atoms in total. The highest BCUT2D eigenvalue weighted by atomic mass is 19.1. The quantitative estimate of drug-likeness (QED) is 0.857. The summed E-state index contributed by atoms with van der Waals surface area (Å²) in [6, 6.07) is 4.52. The minimum absolute atomic E-state index is 0.251. The van der Waals surface area contributed by atoms with Crippen molar-refractivity contribution < 1.29 is 13.6 Å². The molecule has 0 aliphatic carbocycles. The number of amides is 1. The van der Waals surface area contributed by atoms with Gasteiger partial charge in [-0.1, -0.05) is 6.92 Å². The molecule has 0 aromatic heterocycles. The first-order valence-electron chi connectivity index (χ1n) is 4.74. The Balaban J connectivity index is 2.85. The predicted octanol–water partition coefficient (Wildman–Crippen LogP) is 2.45. The second-order valence-electron chi connectivity index (χ2n) is 3.20. The summed E-state index contributed by atoms with van der Waals surface area (Å²) in [5, 5.41) is 10.8. The summed E-state index contributed by atoms with van der Waals surface area (Å²) in [4.78, 5) is 11.4. The maximum absolute atomic E-state index is 13.1. The molecule has 1 aromatic rings. The molecule has 5 heteroatoms. The van der Waals surface area contributed by atoms with E-state index in [-0.39, 0.29) is 5.69 Å². The summed E-state index contributed by atoms with van der Waals surface area (Å²) >= 11 is 0. The highest BCUT2D eigenvalue weighted by molar-refractivity contribution is 5.94. The van der Waals surface area contributed by atoms with E-state index in [0.717, 1.165) is 18.2 Å². The number of hydrogen-bond donors (Lipinski definition) is 1. The first-order valence-corrected chi connectivity index (χ1v) is 4.74. The zero-order chi connectivity index (χ0) is 12.1. The number of nitrogens with zero attached hydrogens (tertiary/aromatic N) is 1. The van der Waals surface area contributed by atoms with Gasteiger partial charge in [0.15, 0.2) is 0 Å². The van der Waals surface area contributed by atoms with Gasteiger partial charge < -0.3 is 5.32 Å². The van der Waals surface area contributed by atoms with Crippen molar-refractivity contribution in [3.05, 3.63) is 29.8 Å². The number of anilines is 1. The molecular weight excluding hydrogens is 214 g/mol.